The Morgan fingerprint density at radius 1 is 0.893 bits per heavy atom. The molecule has 2 heterocycles. The molecular weight excluding hydrogens is 520 g/mol. The Hall–Kier alpha value is -0.266. The average molecular weight is 552 g/mol. The van der Waals surface area contributed by atoms with Gasteiger partial charge in [0.2, 0.25) is 0 Å². The number of hydrogen-bond acceptors (Lipinski definition) is 4. The molecule has 0 aliphatic rings. The van der Waals surface area contributed by atoms with Crippen LogP contribution in [0.3, 0.4) is 0 Å². The second-order valence-corrected chi connectivity index (χ2v) is 22.3. The van der Waals surface area contributed by atoms with Gasteiger partial charge in [0.15, 0.2) is 11.6 Å². The van der Waals surface area contributed by atoms with E-state index < -0.39 is 16.1 Å². The molecule has 2 aromatic heterocycles. The van der Waals surface area contributed by atoms with Gasteiger partial charge in [-0.25, -0.2) is 9.97 Å². The lowest BCUT2D eigenvalue weighted by Crippen LogP contribution is -2.22. The zero-order valence-corrected chi connectivity index (χ0v) is 22.9. The highest BCUT2D eigenvalue weighted by molar-refractivity contribution is 9.10. The fourth-order valence-electron chi connectivity index (χ4n) is 2.39. The number of aromatic nitrogens is 4. The summed E-state index contributed by atoms with van der Waals surface area (Å²) in [4.78, 5) is 9.15. The lowest BCUT2D eigenvalue weighted by molar-refractivity contribution is 0.0837. The monoisotopic (exact) mass is 550 g/mol. The van der Waals surface area contributed by atoms with E-state index in [1.807, 2.05) is 15.3 Å². The van der Waals surface area contributed by atoms with Crippen LogP contribution in [0.15, 0.2) is 21.6 Å². The molecule has 2 rings (SSSR count). The van der Waals surface area contributed by atoms with E-state index in [2.05, 4.69) is 81.1 Å². The summed E-state index contributed by atoms with van der Waals surface area (Å²) in [7, 11) is -2.21. The van der Waals surface area contributed by atoms with E-state index in [1.165, 1.54) is 0 Å². The van der Waals surface area contributed by atoms with Crippen molar-refractivity contribution in [1.82, 2.24) is 19.1 Å². The first-order chi connectivity index (χ1) is 13.0. The molecule has 0 atom stereocenters. The van der Waals surface area contributed by atoms with Crippen molar-refractivity contribution in [3.8, 4) is 11.6 Å². The summed E-state index contributed by atoms with van der Waals surface area (Å²) in [5.74, 6) is 1.53. The van der Waals surface area contributed by atoms with Gasteiger partial charge in [-0.2, -0.15) is 0 Å². The lowest BCUT2D eigenvalue weighted by atomic mass is 10.5. The van der Waals surface area contributed by atoms with Gasteiger partial charge in [-0.15, -0.1) is 0 Å². The van der Waals surface area contributed by atoms with Crippen LogP contribution in [0.4, 0.5) is 0 Å². The topological polar surface area (TPSA) is 54.1 Å². The zero-order chi connectivity index (χ0) is 20.9. The first-order valence-corrected chi connectivity index (χ1v) is 18.6. The van der Waals surface area contributed by atoms with Crippen LogP contribution >= 0.6 is 31.9 Å². The van der Waals surface area contributed by atoms with Crippen molar-refractivity contribution < 1.29 is 9.47 Å². The van der Waals surface area contributed by atoms with Crippen LogP contribution in [-0.4, -0.2) is 48.5 Å². The van der Waals surface area contributed by atoms with Crippen LogP contribution < -0.4 is 0 Å². The highest BCUT2D eigenvalue weighted by Crippen LogP contribution is 2.25. The smallest absolute Gasteiger partial charge is 0.179 e. The summed E-state index contributed by atoms with van der Waals surface area (Å²) < 4.78 is 17.5. The molecule has 28 heavy (non-hydrogen) atoms. The summed E-state index contributed by atoms with van der Waals surface area (Å²) in [6.07, 6.45) is 3.72. The van der Waals surface area contributed by atoms with Gasteiger partial charge in [0.05, 0.1) is 6.20 Å². The van der Waals surface area contributed by atoms with E-state index >= 15 is 0 Å². The van der Waals surface area contributed by atoms with E-state index in [4.69, 9.17) is 9.47 Å². The van der Waals surface area contributed by atoms with Gasteiger partial charge in [-0.3, -0.25) is 4.57 Å². The third-order valence-electron chi connectivity index (χ3n) is 4.20. The summed E-state index contributed by atoms with van der Waals surface area (Å²) in [5.41, 5.74) is 0. The molecule has 0 spiro atoms. The quantitative estimate of drug-likeness (QED) is 0.258. The van der Waals surface area contributed by atoms with Gasteiger partial charge in [-0.05, 0) is 43.9 Å². The number of rotatable bonds is 11. The Bertz CT molecular complexity index is 767. The highest BCUT2D eigenvalue weighted by atomic mass is 79.9. The Morgan fingerprint density at radius 3 is 2.04 bits per heavy atom. The number of halogens is 2. The minimum Gasteiger partial charge on any atom is -0.361 e. The molecule has 0 bridgehead atoms. The average Bonchev–Trinajstić information content (AvgIpc) is 3.09. The Morgan fingerprint density at radius 2 is 1.46 bits per heavy atom. The first kappa shape index (κ1) is 24.0. The second kappa shape index (κ2) is 10.2. The maximum absolute atomic E-state index is 5.93. The predicted molar refractivity (Wildman–Crippen MR) is 127 cm³/mol. The number of ether oxygens (including phenoxy) is 2. The molecule has 0 amide bonds. The highest BCUT2D eigenvalue weighted by Gasteiger charge is 2.19. The number of imidazole rings is 2. The molecule has 0 saturated heterocycles. The van der Waals surface area contributed by atoms with Crippen molar-refractivity contribution in [1.29, 1.82) is 0 Å². The van der Waals surface area contributed by atoms with Crippen molar-refractivity contribution in [3.63, 3.8) is 0 Å². The van der Waals surface area contributed by atoms with Crippen LogP contribution in [0.25, 0.3) is 11.6 Å². The molecule has 0 N–H and O–H groups in total. The fraction of sp³-hybridized carbons (Fsp3) is 0.667. The van der Waals surface area contributed by atoms with Crippen LogP contribution in [0.5, 0.6) is 0 Å². The van der Waals surface area contributed by atoms with E-state index in [1.54, 1.807) is 6.20 Å². The molecular formula is C18H32Br2N4O2Si2. The molecule has 0 unspecified atom stereocenters. The minimum absolute atomic E-state index is 0.446. The van der Waals surface area contributed by atoms with Gasteiger partial charge in [0, 0.05) is 35.6 Å². The van der Waals surface area contributed by atoms with Crippen molar-refractivity contribution in [2.75, 3.05) is 13.2 Å². The molecule has 0 saturated carbocycles. The summed E-state index contributed by atoms with van der Waals surface area (Å²) in [6, 6.07) is 2.28. The molecule has 0 radical (unpaired) electrons. The standard InChI is InChI=1S/C18H32Br2N4O2Si2/c1-27(2,3)9-7-25-13-23-12-15(19)22-18(23)17-21-11-16(20)24(17)14-26-8-10-28(4,5)6/h11-12H,7-10,13-14H2,1-6H3. The molecule has 0 aliphatic heterocycles. The molecule has 10 heteroatoms. The van der Waals surface area contributed by atoms with Crippen molar-refractivity contribution in [2.45, 2.75) is 64.8 Å². The Kier molecular flexibility index (Phi) is 8.72. The molecule has 6 nitrogen and oxygen atoms in total. The molecule has 0 aromatic carbocycles. The summed E-state index contributed by atoms with van der Waals surface area (Å²) >= 11 is 7.06. The lowest BCUT2D eigenvalue weighted by Gasteiger charge is -2.17. The zero-order valence-electron chi connectivity index (χ0n) is 17.8. The van der Waals surface area contributed by atoms with Crippen LogP contribution in [0, 0.1) is 0 Å². The van der Waals surface area contributed by atoms with Gasteiger partial charge >= 0.3 is 0 Å². The third kappa shape index (κ3) is 7.87. The fourth-order valence-corrected chi connectivity index (χ4v) is 4.69. The summed E-state index contributed by atoms with van der Waals surface area (Å²) in [6.45, 7) is 16.5. The first-order valence-electron chi connectivity index (χ1n) is 9.56. The largest absolute Gasteiger partial charge is 0.361 e. The number of hydrogen-bond donors (Lipinski definition) is 0. The van der Waals surface area contributed by atoms with Crippen LogP contribution in [-0.2, 0) is 22.9 Å². The normalized spacial score (nSPS) is 12.7. The van der Waals surface area contributed by atoms with Gasteiger partial charge in [0.1, 0.15) is 22.7 Å². The van der Waals surface area contributed by atoms with E-state index in [0.717, 1.165) is 46.2 Å². The van der Waals surface area contributed by atoms with Crippen molar-refractivity contribution in [3.05, 3.63) is 21.6 Å². The van der Waals surface area contributed by atoms with Crippen LogP contribution in [0.1, 0.15) is 0 Å². The maximum Gasteiger partial charge on any atom is 0.179 e. The van der Waals surface area contributed by atoms with Gasteiger partial charge < -0.3 is 14.0 Å². The molecule has 0 aliphatic carbocycles. The van der Waals surface area contributed by atoms with Crippen molar-refractivity contribution >= 4 is 48.0 Å². The van der Waals surface area contributed by atoms with Gasteiger partial charge in [-0.1, -0.05) is 39.3 Å². The Labute approximate surface area is 187 Å². The SMILES string of the molecule is C[Si](C)(C)CCOCn1cc(Br)nc1-c1ncc(Br)n1COCC[Si](C)(C)C. The van der Waals surface area contributed by atoms with Crippen LogP contribution in [0.2, 0.25) is 51.4 Å². The molecule has 2 aromatic rings. The number of nitrogens with zero attached hydrogens (tertiary/aromatic N) is 4. The predicted octanol–water partition coefficient (Wildman–Crippen LogP) is 5.90. The molecule has 158 valence electrons. The third-order valence-corrected chi connectivity index (χ3v) is 8.62. The van der Waals surface area contributed by atoms with E-state index in [-0.39, 0.29) is 0 Å². The Balaban J connectivity index is 2.07. The maximum atomic E-state index is 5.93. The second-order valence-electron chi connectivity index (χ2n) is 9.39. The van der Waals surface area contributed by atoms with Gasteiger partial charge in [0.25, 0.3) is 0 Å². The van der Waals surface area contributed by atoms with E-state index in [9.17, 15) is 0 Å². The summed E-state index contributed by atoms with van der Waals surface area (Å²) in [5, 5.41) is 0. The van der Waals surface area contributed by atoms with Crippen molar-refractivity contribution in [2.24, 2.45) is 0 Å². The molecule has 0 fully saturated rings. The minimum atomic E-state index is -1.11. The van der Waals surface area contributed by atoms with E-state index in [0.29, 0.717) is 13.5 Å².